The quantitative estimate of drug-likeness (QED) is 0.537. The largest absolute Gasteiger partial charge is 0.376 e. The lowest BCUT2D eigenvalue weighted by Crippen LogP contribution is -2.21. The summed E-state index contributed by atoms with van der Waals surface area (Å²) in [6.45, 7) is 4.29. The van der Waals surface area contributed by atoms with Gasteiger partial charge >= 0.3 is 0 Å². The number of thiazole rings is 1. The van der Waals surface area contributed by atoms with Crippen LogP contribution in [0.2, 0.25) is 10.0 Å². The van der Waals surface area contributed by atoms with E-state index >= 15 is 0 Å². The molecule has 1 heterocycles. The molecule has 2 aromatic carbocycles. The number of rotatable bonds is 6. The molecule has 27 heavy (non-hydrogen) atoms. The highest BCUT2D eigenvalue weighted by atomic mass is 35.5. The van der Waals surface area contributed by atoms with Crippen molar-refractivity contribution in [1.29, 1.82) is 0 Å². The van der Waals surface area contributed by atoms with Crippen LogP contribution in [0.5, 0.6) is 0 Å². The first kappa shape index (κ1) is 19.7. The highest BCUT2D eigenvalue weighted by Crippen LogP contribution is 2.25. The van der Waals surface area contributed by atoms with Crippen LogP contribution in [0, 0.1) is 13.8 Å². The third-order valence-electron chi connectivity index (χ3n) is 4.06. The van der Waals surface area contributed by atoms with Crippen molar-refractivity contribution in [3.63, 3.8) is 0 Å². The molecule has 0 radical (unpaired) electrons. The summed E-state index contributed by atoms with van der Waals surface area (Å²) in [5, 5.41) is 7.73. The smallest absolute Gasteiger partial charge is 0.245 e. The Balaban J connectivity index is 1.55. The lowest BCUT2D eigenvalue weighted by Gasteiger charge is -2.08. The Morgan fingerprint density at radius 3 is 2.52 bits per heavy atom. The zero-order valence-corrected chi connectivity index (χ0v) is 17.3. The zero-order valence-electron chi connectivity index (χ0n) is 15.0. The van der Waals surface area contributed by atoms with Crippen molar-refractivity contribution in [2.24, 2.45) is 0 Å². The Morgan fingerprint density at radius 2 is 1.81 bits per heavy atom. The summed E-state index contributed by atoms with van der Waals surface area (Å²) in [4.78, 5) is 17.4. The molecular weight excluding hydrogens is 401 g/mol. The lowest BCUT2D eigenvalue weighted by atomic mass is 10.1. The van der Waals surface area contributed by atoms with E-state index in [9.17, 15) is 4.79 Å². The van der Waals surface area contributed by atoms with Gasteiger partial charge in [-0.1, -0.05) is 29.3 Å². The number of hydrogen-bond acceptors (Lipinski definition) is 4. The molecule has 140 valence electrons. The maximum absolute atomic E-state index is 12.2. The van der Waals surface area contributed by atoms with E-state index in [1.807, 2.05) is 37.3 Å². The van der Waals surface area contributed by atoms with Crippen molar-refractivity contribution in [2.75, 3.05) is 17.2 Å². The number of aryl methyl sites for hydroxylation is 2. The van der Waals surface area contributed by atoms with Crippen LogP contribution in [0.1, 0.15) is 21.6 Å². The van der Waals surface area contributed by atoms with Gasteiger partial charge in [0, 0.05) is 33.2 Å². The fourth-order valence-corrected chi connectivity index (χ4v) is 3.99. The Hall–Kier alpha value is -2.08. The molecule has 0 spiro atoms. The maximum atomic E-state index is 12.2. The van der Waals surface area contributed by atoms with Gasteiger partial charge in [0.25, 0.3) is 0 Å². The zero-order chi connectivity index (χ0) is 19.4. The molecule has 4 nitrogen and oxygen atoms in total. The number of anilines is 2. The molecule has 0 unspecified atom stereocenters. The van der Waals surface area contributed by atoms with Crippen LogP contribution in [-0.2, 0) is 11.2 Å². The second-order valence-corrected chi connectivity index (χ2v) is 8.28. The predicted octanol–water partition coefficient (Wildman–Crippen LogP) is 5.71. The monoisotopic (exact) mass is 419 g/mol. The van der Waals surface area contributed by atoms with Crippen LogP contribution in [0.15, 0.2) is 42.6 Å². The van der Waals surface area contributed by atoms with Gasteiger partial charge in [0.05, 0.1) is 6.54 Å². The van der Waals surface area contributed by atoms with Gasteiger partial charge < -0.3 is 10.6 Å². The van der Waals surface area contributed by atoms with E-state index in [4.69, 9.17) is 23.2 Å². The molecule has 7 heteroatoms. The number of carbonyl (C=O) groups excluding carboxylic acids is 1. The number of hydrogen-bond donors (Lipinski definition) is 2. The van der Waals surface area contributed by atoms with Crippen molar-refractivity contribution in [3.8, 4) is 0 Å². The van der Waals surface area contributed by atoms with Gasteiger partial charge in [-0.25, -0.2) is 4.98 Å². The number of benzene rings is 2. The van der Waals surface area contributed by atoms with Gasteiger partial charge in [-0.3, -0.25) is 4.79 Å². The summed E-state index contributed by atoms with van der Waals surface area (Å²) >= 11 is 13.5. The molecule has 0 atom stereocenters. The summed E-state index contributed by atoms with van der Waals surface area (Å²) in [5.74, 6) is -0.139. The Bertz CT molecular complexity index is 951. The molecule has 3 rings (SSSR count). The summed E-state index contributed by atoms with van der Waals surface area (Å²) in [6, 6.07) is 11.5. The van der Waals surface area contributed by atoms with Crippen LogP contribution in [-0.4, -0.2) is 17.4 Å². The molecule has 0 saturated heterocycles. The first-order chi connectivity index (χ1) is 12.9. The number of halogens is 2. The topological polar surface area (TPSA) is 54.0 Å². The van der Waals surface area contributed by atoms with E-state index in [0.717, 1.165) is 16.1 Å². The van der Waals surface area contributed by atoms with Crippen molar-refractivity contribution >= 4 is 51.3 Å². The first-order valence-corrected chi connectivity index (χ1v) is 9.97. The Morgan fingerprint density at radius 1 is 1.07 bits per heavy atom. The van der Waals surface area contributed by atoms with E-state index in [1.165, 1.54) is 22.5 Å². The maximum Gasteiger partial charge on any atom is 0.245 e. The van der Waals surface area contributed by atoms with Crippen molar-refractivity contribution < 1.29 is 4.79 Å². The summed E-state index contributed by atoms with van der Waals surface area (Å²) in [6.07, 6.45) is 2.42. The number of nitrogens with zero attached hydrogens (tertiary/aromatic N) is 1. The van der Waals surface area contributed by atoms with E-state index in [0.29, 0.717) is 21.6 Å². The van der Waals surface area contributed by atoms with Crippen LogP contribution in [0.25, 0.3) is 0 Å². The van der Waals surface area contributed by atoms with Gasteiger partial charge in [0.15, 0.2) is 5.13 Å². The molecule has 0 aliphatic carbocycles. The Kier molecular flexibility index (Phi) is 6.37. The molecule has 2 N–H and O–H groups in total. The van der Waals surface area contributed by atoms with Crippen molar-refractivity contribution in [2.45, 2.75) is 20.3 Å². The standard InChI is InChI=1S/C20H19Cl2N3OS/c1-12-3-4-17(5-13(12)2)23-11-19(26)25-20-24-10-18(27-20)8-14-6-15(21)9-16(22)7-14/h3-7,9-10,23H,8,11H2,1-2H3,(H,24,25,26). The van der Waals surface area contributed by atoms with Gasteiger partial charge in [0.2, 0.25) is 5.91 Å². The van der Waals surface area contributed by atoms with E-state index in [2.05, 4.69) is 22.5 Å². The number of aromatic nitrogens is 1. The molecule has 0 aliphatic heterocycles. The fraction of sp³-hybridized carbons (Fsp3) is 0.200. The molecule has 0 fully saturated rings. The van der Waals surface area contributed by atoms with Gasteiger partial charge in [-0.15, -0.1) is 11.3 Å². The van der Waals surface area contributed by atoms with Gasteiger partial charge in [0.1, 0.15) is 0 Å². The molecule has 3 aromatic rings. The number of nitrogens with one attached hydrogen (secondary N) is 2. The van der Waals surface area contributed by atoms with E-state index in [1.54, 1.807) is 12.3 Å². The summed E-state index contributed by atoms with van der Waals surface area (Å²) in [7, 11) is 0. The van der Waals surface area contributed by atoms with Crippen LogP contribution in [0.3, 0.4) is 0 Å². The normalized spacial score (nSPS) is 10.7. The minimum atomic E-state index is -0.139. The van der Waals surface area contributed by atoms with Crippen LogP contribution in [0.4, 0.5) is 10.8 Å². The molecule has 0 saturated carbocycles. The summed E-state index contributed by atoms with van der Waals surface area (Å²) < 4.78 is 0. The third-order valence-corrected chi connectivity index (χ3v) is 5.41. The highest BCUT2D eigenvalue weighted by molar-refractivity contribution is 7.15. The van der Waals surface area contributed by atoms with Crippen LogP contribution < -0.4 is 10.6 Å². The average Bonchev–Trinajstić information content (AvgIpc) is 3.02. The lowest BCUT2D eigenvalue weighted by molar-refractivity contribution is -0.114. The fourth-order valence-electron chi connectivity index (χ4n) is 2.56. The predicted molar refractivity (Wildman–Crippen MR) is 114 cm³/mol. The average molecular weight is 420 g/mol. The molecule has 1 amide bonds. The minimum absolute atomic E-state index is 0.139. The van der Waals surface area contributed by atoms with Gasteiger partial charge in [-0.05, 0) is 60.9 Å². The van der Waals surface area contributed by atoms with E-state index in [-0.39, 0.29) is 12.5 Å². The molecular formula is C20H19Cl2N3OS. The molecule has 1 aromatic heterocycles. The van der Waals surface area contributed by atoms with Crippen molar-refractivity contribution in [3.05, 3.63) is 74.2 Å². The first-order valence-electron chi connectivity index (χ1n) is 8.40. The van der Waals surface area contributed by atoms with Gasteiger partial charge in [-0.2, -0.15) is 0 Å². The number of carbonyl (C=O) groups is 1. The SMILES string of the molecule is Cc1ccc(NCC(=O)Nc2ncc(Cc3cc(Cl)cc(Cl)c3)s2)cc1C. The molecule has 0 bridgehead atoms. The third kappa shape index (κ3) is 5.70. The second-order valence-electron chi connectivity index (χ2n) is 6.29. The van der Waals surface area contributed by atoms with Crippen LogP contribution >= 0.6 is 34.5 Å². The number of amides is 1. The van der Waals surface area contributed by atoms with Crippen molar-refractivity contribution in [1.82, 2.24) is 4.98 Å². The highest BCUT2D eigenvalue weighted by Gasteiger charge is 2.08. The summed E-state index contributed by atoms with van der Waals surface area (Å²) in [5.41, 5.74) is 4.34. The Labute approximate surface area is 172 Å². The molecule has 0 aliphatic rings. The second kappa shape index (κ2) is 8.74. The van der Waals surface area contributed by atoms with E-state index < -0.39 is 0 Å². The minimum Gasteiger partial charge on any atom is -0.376 e.